The molecule has 2 amide bonds. The van der Waals surface area contributed by atoms with Gasteiger partial charge in [0.15, 0.2) is 0 Å². The first kappa shape index (κ1) is 13.4. The standard InChI is InChI=1S/C12H12F2N2O3/c13-10(14)5-16-12(18)9(6-19-16)7-3-1-2-4-8(7)11(15)17/h1-4,9-10H,5-6H2,(H2,15,17)/t9-/m0/s1. The van der Waals surface area contributed by atoms with Crippen LogP contribution >= 0.6 is 0 Å². The monoisotopic (exact) mass is 270 g/mol. The summed E-state index contributed by atoms with van der Waals surface area (Å²) in [6.45, 7) is -0.857. The zero-order valence-electron chi connectivity index (χ0n) is 9.88. The van der Waals surface area contributed by atoms with Crippen LogP contribution in [0.25, 0.3) is 0 Å². The molecule has 1 saturated heterocycles. The second-order valence-electron chi connectivity index (χ2n) is 4.09. The number of primary amides is 1. The molecule has 0 aromatic heterocycles. The van der Waals surface area contributed by atoms with Gasteiger partial charge in [-0.1, -0.05) is 18.2 Å². The Balaban J connectivity index is 2.25. The van der Waals surface area contributed by atoms with E-state index in [2.05, 4.69) is 0 Å². The number of hydrogen-bond acceptors (Lipinski definition) is 3. The number of halogens is 2. The first-order valence-electron chi connectivity index (χ1n) is 5.62. The van der Waals surface area contributed by atoms with E-state index in [1.54, 1.807) is 18.2 Å². The predicted molar refractivity (Wildman–Crippen MR) is 61.4 cm³/mol. The number of hydroxylamine groups is 2. The first-order valence-corrected chi connectivity index (χ1v) is 5.62. The fourth-order valence-corrected chi connectivity index (χ4v) is 1.99. The van der Waals surface area contributed by atoms with Gasteiger partial charge in [-0.05, 0) is 11.6 Å². The topological polar surface area (TPSA) is 72.6 Å². The largest absolute Gasteiger partial charge is 0.366 e. The number of nitrogens with zero attached hydrogens (tertiary/aromatic N) is 1. The van der Waals surface area contributed by atoms with Crippen LogP contribution < -0.4 is 5.73 Å². The summed E-state index contributed by atoms with van der Waals surface area (Å²) in [5.41, 5.74) is 5.82. The van der Waals surface area contributed by atoms with Crippen LogP contribution in [0.2, 0.25) is 0 Å². The van der Waals surface area contributed by atoms with E-state index in [9.17, 15) is 18.4 Å². The Labute approximate surface area is 107 Å². The molecule has 2 rings (SSSR count). The van der Waals surface area contributed by atoms with Crippen molar-refractivity contribution in [3.63, 3.8) is 0 Å². The minimum Gasteiger partial charge on any atom is -0.366 e. The van der Waals surface area contributed by atoms with E-state index in [4.69, 9.17) is 10.6 Å². The minimum atomic E-state index is -2.67. The van der Waals surface area contributed by atoms with Gasteiger partial charge in [-0.15, -0.1) is 0 Å². The minimum absolute atomic E-state index is 0.0736. The maximum Gasteiger partial charge on any atom is 0.258 e. The van der Waals surface area contributed by atoms with E-state index < -0.39 is 30.7 Å². The van der Waals surface area contributed by atoms with Crippen molar-refractivity contribution >= 4 is 11.8 Å². The summed E-state index contributed by atoms with van der Waals surface area (Å²) in [6, 6.07) is 6.31. The number of nitrogens with two attached hydrogens (primary N) is 1. The van der Waals surface area contributed by atoms with Crippen LogP contribution in [-0.2, 0) is 9.63 Å². The second-order valence-corrected chi connectivity index (χ2v) is 4.09. The molecule has 2 N–H and O–H groups in total. The van der Waals surface area contributed by atoms with Crippen molar-refractivity contribution in [1.29, 1.82) is 0 Å². The molecular formula is C12H12F2N2O3. The van der Waals surface area contributed by atoms with Crippen LogP contribution in [0.4, 0.5) is 8.78 Å². The molecule has 0 spiro atoms. The molecule has 1 atom stereocenters. The first-order chi connectivity index (χ1) is 9.00. The summed E-state index contributed by atoms with van der Waals surface area (Å²) in [6.07, 6.45) is -2.67. The average molecular weight is 270 g/mol. The fraction of sp³-hybridized carbons (Fsp3) is 0.333. The molecule has 5 nitrogen and oxygen atoms in total. The lowest BCUT2D eigenvalue weighted by Crippen LogP contribution is -2.30. The van der Waals surface area contributed by atoms with Crippen molar-refractivity contribution in [2.45, 2.75) is 12.3 Å². The Hall–Kier alpha value is -2.02. The summed E-state index contributed by atoms with van der Waals surface area (Å²) >= 11 is 0. The highest BCUT2D eigenvalue weighted by atomic mass is 19.3. The van der Waals surface area contributed by atoms with Crippen LogP contribution in [0.3, 0.4) is 0 Å². The number of hydrogen-bond donors (Lipinski definition) is 1. The van der Waals surface area contributed by atoms with Crippen LogP contribution in [0.1, 0.15) is 21.8 Å². The van der Waals surface area contributed by atoms with Gasteiger partial charge in [0.05, 0.1) is 12.5 Å². The van der Waals surface area contributed by atoms with Gasteiger partial charge < -0.3 is 5.73 Å². The Morgan fingerprint density at radius 2 is 2.16 bits per heavy atom. The van der Waals surface area contributed by atoms with Gasteiger partial charge in [-0.2, -0.15) is 0 Å². The SMILES string of the molecule is NC(=O)c1ccccc1[C@@H]1CON(CC(F)F)C1=O. The Morgan fingerprint density at radius 3 is 2.79 bits per heavy atom. The third-order valence-electron chi connectivity index (χ3n) is 2.85. The number of carbonyl (C=O) groups is 2. The highest BCUT2D eigenvalue weighted by Gasteiger charge is 2.37. The molecule has 0 unspecified atom stereocenters. The quantitative estimate of drug-likeness (QED) is 0.883. The highest BCUT2D eigenvalue weighted by molar-refractivity contribution is 5.97. The van der Waals surface area contributed by atoms with E-state index in [1.165, 1.54) is 6.07 Å². The average Bonchev–Trinajstić information content (AvgIpc) is 2.70. The van der Waals surface area contributed by atoms with Crippen LogP contribution in [0.5, 0.6) is 0 Å². The Morgan fingerprint density at radius 1 is 1.47 bits per heavy atom. The van der Waals surface area contributed by atoms with Crippen molar-refractivity contribution in [3.05, 3.63) is 35.4 Å². The van der Waals surface area contributed by atoms with Crippen molar-refractivity contribution in [3.8, 4) is 0 Å². The third kappa shape index (κ3) is 2.70. The van der Waals surface area contributed by atoms with Gasteiger partial charge in [-0.3, -0.25) is 14.4 Å². The normalized spacial score (nSPS) is 19.2. The molecule has 1 aliphatic rings. The van der Waals surface area contributed by atoms with E-state index in [-0.39, 0.29) is 12.2 Å². The smallest absolute Gasteiger partial charge is 0.258 e. The van der Waals surface area contributed by atoms with E-state index in [0.717, 1.165) is 0 Å². The molecule has 19 heavy (non-hydrogen) atoms. The summed E-state index contributed by atoms with van der Waals surface area (Å²) in [4.78, 5) is 28.1. The number of alkyl halides is 2. The number of benzene rings is 1. The van der Waals surface area contributed by atoms with Gasteiger partial charge in [0.25, 0.3) is 12.3 Å². The summed E-state index contributed by atoms with van der Waals surface area (Å²) in [5, 5.41) is 0.632. The molecule has 0 aliphatic carbocycles. The molecule has 0 saturated carbocycles. The molecule has 1 aliphatic heterocycles. The van der Waals surface area contributed by atoms with Gasteiger partial charge in [0.1, 0.15) is 6.54 Å². The van der Waals surface area contributed by atoms with E-state index >= 15 is 0 Å². The maximum absolute atomic E-state index is 12.2. The molecule has 102 valence electrons. The van der Waals surface area contributed by atoms with E-state index in [0.29, 0.717) is 10.6 Å². The zero-order chi connectivity index (χ0) is 14.0. The molecule has 7 heteroatoms. The molecule has 1 fully saturated rings. The second kappa shape index (κ2) is 5.31. The zero-order valence-corrected chi connectivity index (χ0v) is 9.88. The highest BCUT2D eigenvalue weighted by Crippen LogP contribution is 2.28. The van der Waals surface area contributed by atoms with Crippen LogP contribution in [0, 0.1) is 0 Å². The lowest BCUT2D eigenvalue weighted by Gasteiger charge is -2.14. The molecule has 1 aromatic rings. The lowest BCUT2D eigenvalue weighted by atomic mass is 9.94. The molecular weight excluding hydrogens is 258 g/mol. The Kier molecular flexibility index (Phi) is 3.75. The number of rotatable bonds is 4. The van der Waals surface area contributed by atoms with Crippen LogP contribution in [0.15, 0.2) is 24.3 Å². The Bertz CT molecular complexity index is 508. The molecule has 1 aromatic carbocycles. The fourth-order valence-electron chi connectivity index (χ4n) is 1.99. The number of carbonyl (C=O) groups excluding carboxylic acids is 2. The number of amides is 2. The van der Waals surface area contributed by atoms with Crippen molar-refractivity contribution in [2.24, 2.45) is 5.73 Å². The molecule has 0 radical (unpaired) electrons. The third-order valence-corrected chi connectivity index (χ3v) is 2.85. The maximum atomic E-state index is 12.2. The predicted octanol–water partition coefficient (Wildman–Crippen LogP) is 0.908. The van der Waals surface area contributed by atoms with Crippen molar-refractivity contribution < 1.29 is 23.2 Å². The molecule has 0 bridgehead atoms. The van der Waals surface area contributed by atoms with Gasteiger partial charge in [0, 0.05) is 5.56 Å². The molecule has 1 heterocycles. The van der Waals surface area contributed by atoms with Gasteiger partial charge in [0.2, 0.25) is 5.91 Å². The van der Waals surface area contributed by atoms with Gasteiger partial charge >= 0.3 is 0 Å². The summed E-state index contributed by atoms with van der Waals surface area (Å²) in [5.74, 6) is -2.04. The van der Waals surface area contributed by atoms with Crippen LogP contribution in [-0.4, -0.2) is 36.5 Å². The van der Waals surface area contributed by atoms with Crippen molar-refractivity contribution in [2.75, 3.05) is 13.2 Å². The van der Waals surface area contributed by atoms with Gasteiger partial charge in [-0.25, -0.2) is 13.8 Å². The summed E-state index contributed by atoms with van der Waals surface area (Å²) in [7, 11) is 0. The van der Waals surface area contributed by atoms with Crippen molar-refractivity contribution in [1.82, 2.24) is 5.06 Å². The lowest BCUT2D eigenvalue weighted by molar-refractivity contribution is -0.169. The van der Waals surface area contributed by atoms with E-state index in [1.807, 2.05) is 0 Å². The summed E-state index contributed by atoms with van der Waals surface area (Å²) < 4.78 is 24.5.